The van der Waals surface area contributed by atoms with Crippen LogP contribution in [0.25, 0.3) is 0 Å². The molecule has 1 atom stereocenters. The van der Waals surface area contributed by atoms with Crippen LogP contribution in [0.3, 0.4) is 0 Å². The average Bonchev–Trinajstić information content (AvgIpc) is 2.92. The Labute approximate surface area is 156 Å². The molecule has 1 aromatic carbocycles. The molecule has 0 spiro atoms. The van der Waals surface area contributed by atoms with Crippen molar-refractivity contribution in [3.63, 3.8) is 0 Å². The van der Waals surface area contributed by atoms with Crippen molar-refractivity contribution in [2.24, 2.45) is 7.05 Å². The van der Waals surface area contributed by atoms with Gasteiger partial charge in [0.1, 0.15) is 22.4 Å². The monoisotopic (exact) mass is 400 g/mol. The van der Waals surface area contributed by atoms with Crippen LogP contribution in [0, 0.1) is 11.6 Å². The zero-order valence-electron chi connectivity index (χ0n) is 15.4. The number of hydrogen-bond donors (Lipinski definition) is 0. The normalized spacial score (nSPS) is 19.0. The van der Waals surface area contributed by atoms with Crippen molar-refractivity contribution in [3.8, 4) is 0 Å². The van der Waals surface area contributed by atoms with Gasteiger partial charge in [0.25, 0.3) is 0 Å². The second-order valence-corrected chi connectivity index (χ2v) is 8.91. The summed E-state index contributed by atoms with van der Waals surface area (Å²) in [5.41, 5.74) is -0.267. The van der Waals surface area contributed by atoms with E-state index < -0.39 is 26.6 Å². The average molecular weight is 400 g/mol. The van der Waals surface area contributed by atoms with E-state index in [-0.39, 0.29) is 30.7 Å². The van der Waals surface area contributed by atoms with Gasteiger partial charge in [0.15, 0.2) is 0 Å². The summed E-state index contributed by atoms with van der Waals surface area (Å²) in [6.07, 6.45) is 1.19. The van der Waals surface area contributed by atoms with Crippen LogP contribution in [0.4, 0.5) is 8.78 Å². The van der Waals surface area contributed by atoms with Gasteiger partial charge in [0.2, 0.25) is 10.0 Å². The predicted molar refractivity (Wildman–Crippen MR) is 94.9 cm³/mol. The van der Waals surface area contributed by atoms with Gasteiger partial charge in [-0.25, -0.2) is 26.7 Å². The number of halogens is 2. The maximum atomic E-state index is 14.0. The van der Waals surface area contributed by atoms with Gasteiger partial charge < -0.3 is 0 Å². The van der Waals surface area contributed by atoms with Crippen LogP contribution in [-0.2, 0) is 17.1 Å². The number of hydrogen-bond acceptors (Lipinski definition) is 4. The van der Waals surface area contributed by atoms with Crippen LogP contribution >= 0.6 is 0 Å². The van der Waals surface area contributed by atoms with E-state index in [9.17, 15) is 22.0 Å². The SMILES string of the molecule is CC(C)n1c(C2CCCN(S(=O)(=O)c3cc(F)ccc3F)C2)nn(C)c1=O. The molecule has 2 aromatic rings. The minimum Gasteiger partial charge on any atom is -0.276 e. The van der Waals surface area contributed by atoms with Gasteiger partial charge in [-0.15, -0.1) is 0 Å². The fourth-order valence-corrected chi connectivity index (χ4v) is 5.05. The first-order valence-electron chi connectivity index (χ1n) is 8.73. The Bertz CT molecular complexity index is 1010. The second-order valence-electron chi connectivity index (χ2n) is 7.01. The molecule has 2 heterocycles. The van der Waals surface area contributed by atoms with Crippen molar-refractivity contribution in [3.05, 3.63) is 46.1 Å². The highest BCUT2D eigenvalue weighted by Crippen LogP contribution is 2.30. The molecule has 0 N–H and O–H groups in total. The summed E-state index contributed by atoms with van der Waals surface area (Å²) in [6, 6.07) is 2.24. The molecule has 3 rings (SSSR count). The maximum absolute atomic E-state index is 14.0. The van der Waals surface area contributed by atoms with Crippen LogP contribution in [-0.4, -0.2) is 40.2 Å². The van der Waals surface area contributed by atoms with Crippen molar-refractivity contribution < 1.29 is 17.2 Å². The molecule has 0 bridgehead atoms. The Morgan fingerprint density at radius 2 is 1.96 bits per heavy atom. The molecule has 7 nitrogen and oxygen atoms in total. The number of rotatable bonds is 4. The van der Waals surface area contributed by atoms with Gasteiger partial charge in [0, 0.05) is 32.1 Å². The molecule has 1 aliphatic heterocycles. The summed E-state index contributed by atoms with van der Waals surface area (Å²) in [5.74, 6) is -1.60. The molecule has 0 saturated carbocycles. The molecule has 1 aromatic heterocycles. The van der Waals surface area contributed by atoms with Crippen molar-refractivity contribution in [2.45, 2.75) is 43.5 Å². The predicted octanol–water partition coefficient (Wildman–Crippen LogP) is 2.01. The lowest BCUT2D eigenvalue weighted by Gasteiger charge is -2.31. The first kappa shape index (κ1) is 19.7. The lowest BCUT2D eigenvalue weighted by atomic mass is 9.98. The quantitative estimate of drug-likeness (QED) is 0.787. The smallest absolute Gasteiger partial charge is 0.276 e. The number of benzene rings is 1. The summed E-state index contributed by atoms with van der Waals surface area (Å²) >= 11 is 0. The van der Waals surface area contributed by atoms with Crippen LogP contribution < -0.4 is 5.69 Å². The lowest BCUT2D eigenvalue weighted by molar-refractivity contribution is 0.300. The van der Waals surface area contributed by atoms with Crippen LogP contribution in [0.15, 0.2) is 27.9 Å². The molecule has 0 aliphatic carbocycles. The van der Waals surface area contributed by atoms with Gasteiger partial charge in [-0.3, -0.25) is 4.57 Å². The molecule has 10 heteroatoms. The third-order valence-electron chi connectivity index (χ3n) is 4.76. The molecule has 1 aliphatic rings. The summed E-state index contributed by atoms with van der Waals surface area (Å²) < 4.78 is 57.1. The number of aryl methyl sites for hydroxylation is 1. The zero-order valence-corrected chi connectivity index (χ0v) is 16.2. The number of piperidine rings is 1. The Morgan fingerprint density at radius 3 is 2.63 bits per heavy atom. The van der Waals surface area contributed by atoms with E-state index in [4.69, 9.17) is 0 Å². The summed E-state index contributed by atoms with van der Waals surface area (Å²) in [7, 11) is -2.65. The van der Waals surface area contributed by atoms with E-state index >= 15 is 0 Å². The summed E-state index contributed by atoms with van der Waals surface area (Å²) in [4.78, 5) is 11.6. The highest BCUT2D eigenvalue weighted by atomic mass is 32.2. The van der Waals surface area contributed by atoms with E-state index in [1.807, 2.05) is 13.8 Å². The minimum atomic E-state index is -4.20. The second kappa shape index (κ2) is 7.16. The summed E-state index contributed by atoms with van der Waals surface area (Å²) in [5, 5.41) is 4.29. The van der Waals surface area contributed by atoms with Gasteiger partial charge in [-0.1, -0.05) is 0 Å². The molecule has 1 fully saturated rings. The van der Waals surface area contributed by atoms with E-state index in [1.165, 1.54) is 4.68 Å². The topological polar surface area (TPSA) is 77.2 Å². The molecule has 27 heavy (non-hydrogen) atoms. The molecule has 0 amide bonds. The fourth-order valence-electron chi connectivity index (χ4n) is 3.45. The molecule has 1 unspecified atom stereocenters. The Balaban J connectivity index is 1.97. The van der Waals surface area contributed by atoms with E-state index in [0.29, 0.717) is 24.7 Å². The van der Waals surface area contributed by atoms with Crippen molar-refractivity contribution >= 4 is 10.0 Å². The zero-order chi connectivity index (χ0) is 19.9. The Morgan fingerprint density at radius 1 is 1.26 bits per heavy atom. The van der Waals surface area contributed by atoms with E-state index in [1.54, 1.807) is 11.6 Å². The molecule has 0 radical (unpaired) electrons. The van der Waals surface area contributed by atoms with Crippen LogP contribution in [0.1, 0.15) is 44.5 Å². The number of aromatic nitrogens is 3. The van der Waals surface area contributed by atoms with E-state index in [0.717, 1.165) is 16.4 Å². The number of sulfonamides is 1. The molecular weight excluding hydrogens is 378 g/mol. The van der Waals surface area contributed by atoms with Crippen LogP contribution in [0.5, 0.6) is 0 Å². The van der Waals surface area contributed by atoms with Gasteiger partial charge >= 0.3 is 5.69 Å². The Kier molecular flexibility index (Phi) is 5.22. The summed E-state index contributed by atoms with van der Waals surface area (Å²) in [6.45, 7) is 3.97. The standard InChI is InChI=1S/C17H22F2N4O3S/c1-11(2)23-16(20-21(3)17(23)24)12-5-4-8-22(10-12)27(25,26)15-9-13(18)6-7-14(15)19/h6-7,9,11-12H,4-5,8,10H2,1-3H3. The van der Waals surface area contributed by atoms with Gasteiger partial charge in [-0.05, 0) is 44.9 Å². The third-order valence-corrected chi connectivity index (χ3v) is 6.64. The highest BCUT2D eigenvalue weighted by molar-refractivity contribution is 7.89. The molecule has 148 valence electrons. The molecule has 1 saturated heterocycles. The molecular formula is C17H22F2N4O3S. The minimum absolute atomic E-state index is 0.0570. The third kappa shape index (κ3) is 3.55. The van der Waals surface area contributed by atoms with Crippen LogP contribution in [0.2, 0.25) is 0 Å². The number of nitrogens with zero attached hydrogens (tertiary/aromatic N) is 4. The first-order valence-corrected chi connectivity index (χ1v) is 10.2. The highest BCUT2D eigenvalue weighted by Gasteiger charge is 2.35. The van der Waals surface area contributed by atoms with Crippen molar-refractivity contribution in [1.29, 1.82) is 0 Å². The maximum Gasteiger partial charge on any atom is 0.345 e. The van der Waals surface area contributed by atoms with Crippen molar-refractivity contribution in [1.82, 2.24) is 18.7 Å². The first-order chi connectivity index (χ1) is 12.6. The lowest BCUT2D eigenvalue weighted by Crippen LogP contribution is -2.40. The largest absolute Gasteiger partial charge is 0.345 e. The Hall–Kier alpha value is -2.07. The van der Waals surface area contributed by atoms with E-state index in [2.05, 4.69) is 5.10 Å². The van der Waals surface area contributed by atoms with Gasteiger partial charge in [-0.2, -0.15) is 9.40 Å². The van der Waals surface area contributed by atoms with Crippen molar-refractivity contribution in [2.75, 3.05) is 13.1 Å². The fraction of sp³-hybridized carbons (Fsp3) is 0.529. The van der Waals surface area contributed by atoms with Gasteiger partial charge in [0.05, 0.1) is 0 Å².